The van der Waals surface area contributed by atoms with Crippen LogP contribution in [0.5, 0.6) is 0 Å². The number of primary amides is 1. The van der Waals surface area contributed by atoms with Gasteiger partial charge >= 0.3 is 0 Å². The van der Waals surface area contributed by atoms with Gasteiger partial charge in [-0.2, -0.15) is 0 Å². The molecule has 1 aliphatic rings. The van der Waals surface area contributed by atoms with Crippen LogP contribution in [0.2, 0.25) is 0 Å². The molecule has 2 aromatic carbocycles. The number of amides is 2. The van der Waals surface area contributed by atoms with E-state index < -0.39 is 11.8 Å². The zero-order valence-electron chi connectivity index (χ0n) is 16.4. The summed E-state index contributed by atoms with van der Waals surface area (Å²) in [5.74, 6) is -0.511. The van der Waals surface area contributed by atoms with Gasteiger partial charge in [-0.25, -0.2) is 0 Å². The first kappa shape index (κ1) is 19.4. The van der Waals surface area contributed by atoms with Crippen LogP contribution < -0.4 is 11.1 Å². The summed E-state index contributed by atoms with van der Waals surface area (Å²) in [6.45, 7) is 2.21. The van der Waals surface area contributed by atoms with Crippen molar-refractivity contribution in [2.75, 3.05) is 5.32 Å². The Bertz CT molecular complexity index is 988. The van der Waals surface area contributed by atoms with Crippen LogP contribution in [0.15, 0.2) is 60.7 Å². The van der Waals surface area contributed by atoms with Crippen LogP contribution in [-0.4, -0.2) is 11.8 Å². The maximum Gasteiger partial charge on any atom is 0.251 e. The number of benzene rings is 2. The third kappa shape index (κ3) is 3.96. The zero-order valence-corrected chi connectivity index (χ0v) is 17.2. The summed E-state index contributed by atoms with van der Waals surface area (Å²) in [4.78, 5) is 26.8. The predicted octanol–water partition coefficient (Wildman–Crippen LogP) is 4.74. The first-order chi connectivity index (χ1) is 14.0. The van der Waals surface area contributed by atoms with Gasteiger partial charge in [0.2, 0.25) is 5.91 Å². The second kappa shape index (κ2) is 8.21. The normalized spacial score (nSPS) is 15.7. The maximum atomic E-state index is 13.4. The van der Waals surface area contributed by atoms with E-state index in [-0.39, 0.29) is 5.91 Å². The quantitative estimate of drug-likeness (QED) is 0.644. The summed E-state index contributed by atoms with van der Waals surface area (Å²) in [5, 5.41) is 3.62. The van der Waals surface area contributed by atoms with Gasteiger partial charge in [-0.15, -0.1) is 11.3 Å². The van der Waals surface area contributed by atoms with Crippen molar-refractivity contribution >= 4 is 28.2 Å². The van der Waals surface area contributed by atoms with Crippen molar-refractivity contribution in [3.8, 4) is 0 Å². The molecule has 0 spiro atoms. The number of rotatable bonds is 5. The average Bonchev–Trinajstić information content (AvgIpc) is 3.06. The molecular formula is C24H24N2O2S. The molecule has 1 aliphatic carbocycles. The fourth-order valence-corrected chi connectivity index (χ4v) is 5.49. The number of carbonyl (C=O) groups is 2. The second-order valence-corrected chi connectivity index (χ2v) is 8.77. The third-order valence-corrected chi connectivity index (χ3v) is 6.69. The lowest BCUT2D eigenvalue weighted by Gasteiger charge is -2.18. The highest BCUT2D eigenvalue weighted by molar-refractivity contribution is 7.17. The maximum absolute atomic E-state index is 13.4. The van der Waals surface area contributed by atoms with E-state index in [4.69, 9.17) is 5.73 Å². The van der Waals surface area contributed by atoms with E-state index in [1.165, 1.54) is 16.2 Å². The molecule has 0 saturated heterocycles. The molecule has 4 nitrogen and oxygen atoms in total. The van der Waals surface area contributed by atoms with Gasteiger partial charge in [0, 0.05) is 4.88 Å². The molecule has 1 heterocycles. The Morgan fingerprint density at radius 1 is 1.03 bits per heavy atom. The predicted molar refractivity (Wildman–Crippen MR) is 117 cm³/mol. The van der Waals surface area contributed by atoms with Crippen LogP contribution in [0, 0.1) is 5.92 Å². The summed E-state index contributed by atoms with van der Waals surface area (Å²) in [6, 6.07) is 19.4. The van der Waals surface area contributed by atoms with Gasteiger partial charge in [0.25, 0.3) is 5.91 Å². The van der Waals surface area contributed by atoms with Crippen LogP contribution in [0.4, 0.5) is 5.00 Å². The third-order valence-electron chi connectivity index (χ3n) is 5.52. The van der Waals surface area contributed by atoms with E-state index in [1.54, 1.807) is 0 Å². The Labute approximate surface area is 174 Å². The minimum atomic E-state index is -0.469. The topological polar surface area (TPSA) is 72.2 Å². The summed E-state index contributed by atoms with van der Waals surface area (Å²) >= 11 is 1.50. The van der Waals surface area contributed by atoms with Gasteiger partial charge in [0.1, 0.15) is 5.00 Å². The lowest BCUT2D eigenvalue weighted by atomic mass is 9.88. The van der Waals surface area contributed by atoms with Gasteiger partial charge in [-0.1, -0.05) is 67.6 Å². The largest absolute Gasteiger partial charge is 0.365 e. The minimum Gasteiger partial charge on any atom is -0.365 e. The van der Waals surface area contributed by atoms with Crippen molar-refractivity contribution in [3.63, 3.8) is 0 Å². The van der Waals surface area contributed by atoms with Crippen molar-refractivity contribution < 1.29 is 9.59 Å². The van der Waals surface area contributed by atoms with Crippen LogP contribution in [0.3, 0.4) is 0 Å². The summed E-state index contributed by atoms with van der Waals surface area (Å²) in [5.41, 5.74) is 9.04. The van der Waals surface area contributed by atoms with Gasteiger partial charge in [0.15, 0.2) is 0 Å². The van der Waals surface area contributed by atoms with Gasteiger partial charge in [-0.05, 0) is 41.9 Å². The summed E-state index contributed by atoms with van der Waals surface area (Å²) < 4.78 is 0. The Morgan fingerprint density at radius 3 is 2.17 bits per heavy atom. The molecule has 2 amide bonds. The molecule has 0 unspecified atom stereocenters. The Morgan fingerprint density at radius 2 is 1.62 bits per heavy atom. The van der Waals surface area contributed by atoms with Crippen molar-refractivity contribution in [2.45, 2.75) is 32.1 Å². The molecule has 0 radical (unpaired) electrons. The molecular weight excluding hydrogens is 380 g/mol. The molecule has 3 aromatic rings. The van der Waals surface area contributed by atoms with Crippen LogP contribution in [0.25, 0.3) is 0 Å². The molecule has 3 N–H and O–H groups in total. The van der Waals surface area contributed by atoms with Crippen molar-refractivity contribution in [1.82, 2.24) is 0 Å². The van der Waals surface area contributed by atoms with Crippen LogP contribution >= 0.6 is 11.3 Å². The van der Waals surface area contributed by atoms with Gasteiger partial charge < -0.3 is 11.1 Å². The fourth-order valence-electron chi connectivity index (χ4n) is 4.07. The van der Waals surface area contributed by atoms with Crippen molar-refractivity contribution in [1.29, 1.82) is 0 Å². The summed E-state index contributed by atoms with van der Waals surface area (Å²) in [7, 11) is 0. The molecule has 148 valence electrons. The SMILES string of the molecule is C[C@@H]1CCc2c(sc(NC(=O)C(c3ccccc3)c3ccccc3)c2C(N)=O)C1. The number of nitrogens with two attached hydrogens (primary N) is 1. The molecule has 1 aromatic heterocycles. The van der Waals surface area contributed by atoms with E-state index in [2.05, 4.69) is 12.2 Å². The average molecular weight is 405 g/mol. The summed E-state index contributed by atoms with van der Waals surface area (Å²) in [6.07, 6.45) is 2.80. The first-order valence-corrected chi connectivity index (χ1v) is 10.7. The Kier molecular flexibility index (Phi) is 5.49. The monoisotopic (exact) mass is 404 g/mol. The lowest BCUT2D eigenvalue weighted by Crippen LogP contribution is -2.24. The van der Waals surface area contributed by atoms with E-state index in [0.717, 1.165) is 36.0 Å². The molecule has 0 bridgehead atoms. The molecule has 29 heavy (non-hydrogen) atoms. The number of anilines is 1. The highest BCUT2D eigenvalue weighted by Gasteiger charge is 2.29. The highest BCUT2D eigenvalue weighted by atomic mass is 32.1. The van der Waals surface area contributed by atoms with Crippen molar-refractivity contribution in [2.24, 2.45) is 11.7 Å². The molecule has 4 rings (SSSR count). The molecule has 5 heteroatoms. The molecule has 0 fully saturated rings. The molecule has 1 atom stereocenters. The number of hydrogen-bond acceptors (Lipinski definition) is 3. The number of thiophene rings is 1. The van der Waals surface area contributed by atoms with Crippen LogP contribution in [0.1, 0.15) is 51.2 Å². The Balaban J connectivity index is 1.71. The fraction of sp³-hybridized carbons (Fsp3) is 0.250. The van der Waals surface area contributed by atoms with Gasteiger partial charge in [0.05, 0.1) is 11.5 Å². The van der Waals surface area contributed by atoms with E-state index >= 15 is 0 Å². The highest BCUT2D eigenvalue weighted by Crippen LogP contribution is 2.40. The standard InChI is InChI=1S/C24H24N2O2S/c1-15-12-13-18-19(14-15)29-24(21(18)22(25)27)26-23(28)20(16-8-4-2-5-9-16)17-10-6-3-7-11-17/h2-11,15,20H,12-14H2,1H3,(H2,25,27)(H,26,28)/t15-/m1/s1. The number of fused-ring (bicyclic) bond motifs is 1. The van der Waals surface area contributed by atoms with Crippen LogP contribution in [-0.2, 0) is 17.6 Å². The first-order valence-electron chi connectivity index (χ1n) is 9.89. The number of hydrogen-bond donors (Lipinski definition) is 2. The van der Waals surface area contributed by atoms with E-state index in [1.807, 2.05) is 60.7 Å². The molecule has 0 saturated carbocycles. The second-order valence-electron chi connectivity index (χ2n) is 7.66. The molecule has 0 aliphatic heterocycles. The van der Waals surface area contributed by atoms with Crippen molar-refractivity contribution in [3.05, 3.63) is 87.8 Å². The zero-order chi connectivity index (χ0) is 20.4. The smallest absolute Gasteiger partial charge is 0.251 e. The number of carbonyl (C=O) groups excluding carboxylic acids is 2. The number of nitrogens with one attached hydrogen (secondary N) is 1. The van der Waals surface area contributed by atoms with E-state index in [0.29, 0.717) is 16.5 Å². The van der Waals surface area contributed by atoms with E-state index in [9.17, 15) is 9.59 Å². The Hall–Kier alpha value is -2.92. The lowest BCUT2D eigenvalue weighted by molar-refractivity contribution is -0.116. The minimum absolute atomic E-state index is 0.156. The van der Waals surface area contributed by atoms with Gasteiger partial charge in [-0.3, -0.25) is 9.59 Å².